The molecule has 0 amide bonds. The Labute approximate surface area is 263 Å². The SMILES string of the molecule is C1=CC(c2ccc(-c3ccc4ccccc4c3-c3ccc(C4N=C(c5ccccc5)NC(c5ccccc5)N4)cc3)cc2)N=C1. The molecule has 0 spiro atoms. The Kier molecular flexibility index (Phi) is 7.10. The van der Waals surface area contributed by atoms with Crippen molar-refractivity contribution in [2.45, 2.75) is 18.4 Å². The van der Waals surface area contributed by atoms with E-state index in [2.05, 4.69) is 155 Å². The Balaban J connectivity index is 1.17. The first kappa shape index (κ1) is 27.0. The summed E-state index contributed by atoms with van der Waals surface area (Å²) in [4.78, 5) is 9.69. The minimum absolute atomic E-state index is 0.0679. The Hall–Kier alpha value is -5.58. The normalized spacial score (nSPS) is 18.9. The van der Waals surface area contributed by atoms with E-state index < -0.39 is 0 Å². The lowest BCUT2D eigenvalue weighted by atomic mass is 9.89. The summed E-state index contributed by atoms with van der Waals surface area (Å²) >= 11 is 0. The molecule has 0 radical (unpaired) electrons. The van der Waals surface area contributed by atoms with Crippen LogP contribution in [0.3, 0.4) is 0 Å². The molecule has 0 saturated carbocycles. The van der Waals surface area contributed by atoms with E-state index in [1.165, 1.54) is 44.2 Å². The van der Waals surface area contributed by atoms with Gasteiger partial charge in [0.2, 0.25) is 0 Å². The first-order valence-corrected chi connectivity index (χ1v) is 15.4. The second-order valence-electron chi connectivity index (χ2n) is 11.5. The van der Waals surface area contributed by atoms with Crippen LogP contribution in [0.15, 0.2) is 168 Å². The molecule has 0 aliphatic carbocycles. The van der Waals surface area contributed by atoms with E-state index in [9.17, 15) is 0 Å². The van der Waals surface area contributed by atoms with Crippen molar-refractivity contribution in [3.05, 3.63) is 180 Å². The molecule has 0 saturated heterocycles. The smallest absolute Gasteiger partial charge is 0.131 e. The molecule has 2 aliphatic rings. The molecule has 6 aromatic carbocycles. The third kappa shape index (κ3) is 5.37. The van der Waals surface area contributed by atoms with Crippen molar-refractivity contribution in [2.75, 3.05) is 0 Å². The van der Waals surface area contributed by atoms with E-state index in [-0.39, 0.29) is 18.4 Å². The lowest BCUT2D eigenvalue weighted by Crippen LogP contribution is -2.44. The van der Waals surface area contributed by atoms with Crippen LogP contribution in [-0.4, -0.2) is 12.1 Å². The van der Waals surface area contributed by atoms with Crippen molar-refractivity contribution >= 4 is 22.8 Å². The number of nitrogens with zero attached hydrogens (tertiary/aromatic N) is 2. The fourth-order valence-corrected chi connectivity index (χ4v) is 6.35. The van der Waals surface area contributed by atoms with Crippen molar-refractivity contribution in [3.63, 3.8) is 0 Å². The maximum absolute atomic E-state index is 5.14. The Bertz CT molecular complexity index is 2030. The van der Waals surface area contributed by atoms with E-state index in [0.29, 0.717) is 0 Å². The Morgan fingerprint density at radius 3 is 1.98 bits per heavy atom. The highest BCUT2D eigenvalue weighted by Gasteiger charge is 2.25. The molecule has 0 fully saturated rings. The van der Waals surface area contributed by atoms with Gasteiger partial charge in [0, 0.05) is 11.8 Å². The molecule has 0 bridgehead atoms. The number of hydrogen-bond acceptors (Lipinski definition) is 4. The molecule has 2 heterocycles. The Morgan fingerprint density at radius 1 is 0.533 bits per heavy atom. The van der Waals surface area contributed by atoms with Gasteiger partial charge in [-0.05, 0) is 55.8 Å². The molecular weight excluding hydrogens is 548 g/mol. The molecule has 3 atom stereocenters. The molecule has 8 rings (SSSR count). The number of nitrogens with one attached hydrogen (secondary N) is 2. The van der Waals surface area contributed by atoms with E-state index >= 15 is 0 Å². The standard InChI is InChI=1S/C41H32N4/c1-3-11-32(12-4-1)39-43-40(33-13-5-2-6-14-33)45-41(44-39)34-23-21-31(22-24-34)38-35-15-8-7-10-28(35)25-26-36(38)29-17-19-30(20-18-29)37-16-9-27-42-37/h1-27,37,39,41,44H,(H,43,45). The number of benzene rings is 6. The van der Waals surface area contributed by atoms with Crippen molar-refractivity contribution in [2.24, 2.45) is 9.98 Å². The third-order valence-corrected chi connectivity index (χ3v) is 8.68. The van der Waals surface area contributed by atoms with Gasteiger partial charge in [0.05, 0.1) is 6.04 Å². The molecule has 216 valence electrons. The van der Waals surface area contributed by atoms with E-state index in [1.54, 1.807) is 0 Å². The van der Waals surface area contributed by atoms with Crippen LogP contribution in [0, 0.1) is 0 Å². The molecule has 3 unspecified atom stereocenters. The topological polar surface area (TPSA) is 48.8 Å². The van der Waals surface area contributed by atoms with E-state index in [1.807, 2.05) is 24.4 Å². The summed E-state index contributed by atoms with van der Waals surface area (Å²) in [6, 6.07) is 51.8. The van der Waals surface area contributed by atoms with Crippen molar-refractivity contribution in [1.82, 2.24) is 10.6 Å². The van der Waals surface area contributed by atoms with Gasteiger partial charge in [-0.1, -0.05) is 152 Å². The minimum atomic E-state index is -0.201. The highest BCUT2D eigenvalue weighted by Crippen LogP contribution is 2.39. The van der Waals surface area contributed by atoms with Crippen LogP contribution >= 0.6 is 0 Å². The quantitative estimate of drug-likeness (QED) is 0.206. The van der Waals surface area contributed by atoms with Gasteiger partial charge in [0.25, 0.3) is 0 Å². The number of rotatable bonds is 6. The van der Waals surface area contributed by atoms with Gasteiger partial charge >= 0.3 is 0 Å². The van der Waals surface area contributed by atoms with Gasteiger partial charge in [0.15, 0.2) is 0 Å². The minimum Gasteiger partial charge on any atom is -0.350 e. The molecule has 4 heteroatoms. The average molecular weight is 581 g/mol. The molecule has 2 aliphatic heterocycles. The number of aliphatic imine (C=N–C) groups is 2. The number of fused-ring (bicyclic) bond motifs is 1. The highest BCUT2D eigenvalue weighted by atomic mass is 15.3. The van der Waals surface area contributed by atoms with Gasteiger partial charge < -0.3 is 5.32 Å². The van der Waals surface area contributed by atoms with Gasteiger partial charge in [-0.2, -0.15) is 0 Å². The predicted octanol–water partition coefficient (Wildman–Crippen LogP) is 9.19. The molecule has 2 N–H and O–H groups in total. The third-order valence-electron chi connectivity index (χ3n) is 8.68. The highest BCUT2D eigenvalue weighted by molar-refractivity contribution is 6.04. The Morgan fingerprint density at radius 2 is 1.22 bits per heavy atom. The lowest BCUT2D eigenvalue weighted by Gasteiger charge is -2.32. The maximum atomic E-state index is 5.14. The van der Waals surface area contributed by atoms with E-state index in [0.717, 1.165) is 17.0 Å². The number of amidine groups is 1. The van der Waals surface area contributed by atoms with Crippen LogP contribution in [0.25, 0.3) is 33.0 Å². The second kappa shape index (κ2) is 11.8. The fourth-order valence-electron chi connectivity index (χ4n) is 6.35. The first-order chi connectivity index (χ1) is 22.3. The van der Waals surface area contributed by atoms with Gasteiger partial charge in [-0.25, -0.2) is 4.99 Å². The van der Waals surface area contributed by atoms with Crippen molar-refractivity contribution in [1.29, 1.82) is 0 Å². The van der Waals surface area contributed by atoms with Crippen LogP contribution in [0.5, 0.6) is 0 Å². The summed E-state index contributed by atoms with van der Waals surface area (Å²) in [6.45, 7) is 0. The summed E-state index contributed by atoms with van der Waals surface area (Å²) < 4.78 is 0. The monoisotopic (exact) mass is 580 g/mol. The zero-order chi connectivity index (χ0) is 30.0. The predicted molar refractivity (Wildman–Crippen MR) is 186 cm³/mol. The summed E-state index contributed by atoms with van der Waals surface area (Å²) in [5, 5.41) is 9.81. The van der Waals surface area contributed by atoms with Crippen LogP contribution in [-0.2, 0) is 0 Å². The molecule has 0 aromatic heterocycles. The summed E-state index contributed by atoms with van der Waals surface area (Å²) in [6.07, 6.45) is 5.75. The number of hydrogen-bond donors (Lipinski definition) is 2. The van der Waals surface area contributed by atoms with Gasteiger partial charge in [-0.15, -0.1) is 0 Å². The molecular formula is C41H32N4. The zero-order valence-electron chi connectivity index (χ0n) is 24.7. The first-order valence-electron chi connectivity index (χ1n) is 15.4. The van der Waals surface area contributed by atoms with Crippen LogP contribution in [0.2, 0.25) is 0 Å². The van der Waals surface area contributed by atoms with Gasteiger partial charge in [0.1, 0.15) is 18.2 Å². The van der Waals surface area contributed by atoms with Crippen LogP contribution < -0.4 is 10.6 Å². The second-order valence-corrected chi connectivity index (χ2v) is 11.5. The van der Waals surface area contributed by atoms with Crippen LogP contribution in [0.1, 0.15) is 40.6 Å². The van der Waals surface area contributed by atoms with Crippen molar-refractivity contribution in [3.8, 4) is 22.3 Å². The average Bonchev–Trinajstić information content (AvgIpc) is 3.67. The number of allylic oxidation sites excluding steroid dienone is 1. The van der Waals surface area contributed by atoms with Crippen molar-refractivity contribution < 1.29 is 0 Å². The summed E-state index contributed by atoms with van der Waals surface area (Å²) in [7, 11) is 0. The summed E-state index contributed by atoms with van der Waals surface area (Å²) in [5.41, 5.74) is 9.39. The fraction of sp³-hybridized carbons (Fsp3) is 0.0732. The summed E-state index contributed by atoms with van der Waals surface area (Å²) in [5.74, 6) is 0.885. The van der Waals surface area contributed by atoms with Crippen LogP contribution in [0.4, 0.5) is 0 Å². The zero-order valence-corrected chi connectivity index (χ0v) is 24.7. The largest absolute Gasteiger partial charge is 0.350 e. The van der Waals surface area contributed by atoms with Gasteiger partial charge in [-0.3, -0.25) is 10.3 Å². The molecule has 6 aromatic rings. The van der Waals surface area contributed by atoms with E-state index in [4.69, 9.17) is 4.99 Å². The maximum Gasteiger partial charge on any atom is 0.131 e. The lowest BCUT2D eigenvalue weighted by molar-refractivity contribution is 0.409. The molecule has 4 nitrogen and oxygen atoms in total. The molecule has 45 heavy (non-hydrogen) atoms.